The van der Waals surface area contributed by atoms with Gasteiger partial charge in [-0.15, -0.1) is 0 Å². The van der Waals surface area contributed by atoms with E-state index in [4.69, 9.17) is 11.5 Å². The Morgan fingerprint density at radius 3 is 2.50 bits per heavy atom. The normalized spacial score (nSPS) is 10.7. The Hall–Kier alpha value is -1.39. The van der Waals surface area contributed by atoms with Gasteiger partial charge in [-0.1, -0.05) is 0 Å². The van der Waals surface area contributed by atoms with Crippen LogP contribution in [0.25, 0.3) is 0 Å². The van der Waals surface area contributed by atoms with Gasteiger partial charge in [0.25, 0.3) is 6.43 Å². The van der Waals surface area contributed by atoms with E-state index in [1.807, 2.05) is 0 Å². The molecule has 5 heteroatoms. The molecular weight excluding hydrogens is 164 g/mol. The largest absolute Gasteiger partial charge is 0.396 e. The van der Waals surface area contributed by atoms with Gasteiger partial charge >= 0.3 is 0 Å². The first kappa shape index (κ1) is 8.70. The molecule has 1 aromatic rings. The Bertz CT molecular complexity index is 299. The summed E-state index contributed by atoms with van der Waals surface area (Å²) in [5.74, 6) is -0.0455. The van der Waals surface area contributed by atoms with Crippen LogP contribution in [0, 0.1) is 6.92 Å². The van der Waals surface area contributed by atoms with Crippen molar-refractivity contribution in [1.82, 2.24) is 4.98 Å². The summed E-state index contributed by atoms with van der Waals surface area (Å²) in [5, 5.41) is 0. The molecule has 0 amide bonds. The lowest BCUT2D eigenvalue weighted by Gasteiger charge is -2.06. The van der Waals surface area contributed by atoms with Gasteiger partial charge in [-0.25, -0.2) is 13.8 Å². The smallest absolute Gasteiger partial charge is 0.280 e. The zero-order chi connectivity index (χ0) is 9.30. The molecule has 0 radical (unpaired) electrons. The summed E-state index contributed by atoms with van der Waals surface area (Å²) >= 11 is 0. The van der Waals surface area contributed by atoms with E-state index in [2.05, 4.69) is 4.98 Å². The lowest BCUT2D eigenvalue weighted by atomic mass is 10.2. The number of alkyl halides is 2. The van der Waals surface area contributed by atoms with Crippen molar-refractivity contribution in [3.63, 3.8) is 0 Å². The molecule has 0 fully saturated rings. The molecular formula is C7H9F2N3. The Morgan fingerprint density at radius 2 is 2.00 bits per heavy atom. The zero-order valence-electron chi connectivity index (χ0n) is 6.51. The third-order valence-corrected chi connectivity index (χ3v) is 1.52. The lowest BCUT2D eigenvalue weighted by Crippen LogP contribution is -2.03. The van der Waals surface area contributed by atoms with E-state index in [0.29, 0.717) is 5.56 Å². The number of nitrogens with zero attached hydrogens (tertiary/aromatic N) is 1. The molecule has 0 saturated heterocycles. The summed E-state index contributed by atoms with van der Waals surface area (Å²) in [6.07, 6.45) is -2.60. The van der Waals surface area contributed by atoms with Gasteiger partial charge in [0.1, 0.15) is 11.5 Å². The van der Waals surface area contributed by atoms with Crippen LogP contribution in [0.5, 0.6) is 0 Å². The standard InChI is InChI=1S/C7H9F2N3/c1-3-2-4(10)7(11)12-5(3)6(8)9/h2,6H,10H2,1H3,(H2,11,12). The molecule has 0 aliphatic heterocycles. The summed E-state index contributed by atoms with van der Waals surface area (Å²) < 4.78 is 24.4. The minimum atomic E-state index is -2.60. The van der Waals surface area contributed by atoms with Crippen molar-refractivity contribution >= 4 is 11.5 Å². The number of hydrogen-bond donors (Lipinski definition) is 2. The lowest BCUT2D eigenvalue weighted by molar-refractivity contribution is 0.145. The van der Waals surface area contributed by atoms with Crippen molar-refractivity contribution in [3.05, 3.63) is 17.3 Å². The molecule has 0 aliphatic carbocycles. The summed E-state index contributed by atoms with van der Waals surface area (Å²) in [6.45, 7) is 1.52. The molecule has 12 heavy (non-hydrogen) atoms. The van der Waals surface area contributed by atoms with Crippen molar-refractivity contribution < 1.29 is 8.78 Å². The van der Waals surface area contributed by atoms with E-state index in [0.717, 1.165) is 0 Å². The van der Waals surface area contributed by atoms with Crippen LogP contribution < -0.4 is 11.5 Å². The molecule has 1 rings (SSSR count). The van der Waals surface area contributed by atoms with E-state index in [1.54, 1.807) is 0 Å². The van der Waals surface area contributed by atoms with Gasteiger partial charge in [0, 0.05) is 0 Å². The molecule has 66 valence electrons. The molecule has 0 spiro atoms. The average Bonchev–Trinajstić information content (AvgIpc) is 1.96. The summed E-state index contributed by atoms with van der Waals surface area (Å²) in [4.78, 5) is 3.47. The van der Waals surface area contributed by atoms with Crippen molar-refractivity contribution in [2.45, 2.75) is 13.3 Å². The van der Waals surface area contributed by atoms with E-state index in [9.17, 15) is 8.78 Å². The van der Waals surface area contributed by atoms with Gasteiger partial charge in [0.15, 0.2) is 0 Å². The number of aromatic nitrogens is 1. The van der Waals surface area contributed by atoms with Gasteiger partial charge < -0.3 is 11.5 Å². The van der Waals surface area contributed by atoms with Gasteiger partial charge in [-0.05, 0) is 18.6 Å². The molecule has 0 saturated carbocycles. The highest BCUT2D eigenvalue weighted by Crippen LogP contribution is 2.24. The molecule has 0 bridgehead atoms. The van der Waals surface area contributed by atoms with Gasteiger partial charge in [0.05, 0.1) is 5.69 Å². The van der Waals surface area contributed by atoms with Crippen LogP contribution in [0.3, 0.4) is 0 Å². The topological polar surface area (TPSA) is 64.9 Å². The van der Waals surface area contributed by atoms with Crippen molar-refractivity contribution in [2.75, 3.05) is 11.5 Å². The fourth-order valence-electron chi connectivity index (χ4n) is 0.885. The molecule has 3 nitrogen and oxygen atoms in total. The fraction of sp³-hybridized carbons (Fsp3) is 0.286. The number of pyridine rings is 1. The number of hydrogen-bond acceptors (Lipinski definition) is 3. The van der Waals surface area contributed by atoms with Crippen LogP contribution in [0.4, 0.5) is 20.3 Å². The highest BCUT2D eigenvalue weighted by molar-refractivity contribution is 5.59. The second-order valence-corrected chi connectivity index (χ2v) is 2.47. The highest BCUT2D eigenvalue weighted by atomic mass is 19.3. The van der Waals surface area contributed by atoms with Crippen molar-refractivity contribution in [1.29, 1.82) is 0 Å². The van der Waals surface area contributed by atoms with Crippen LogP contribution in [0.15, 0.2) is 6.07 Å². The van der Waals surface area contributed by atoms with Crippen LogP contribution in [0.2, 0.25) is 0 Å². The predicted octanol–water partition coefficient (Wildman–Crippen LogP) is 1.49. The zero-order valence-corrected chi connectivity index (χ0v) is 6.51. The Morgan fingerprint density at radius 1 is 1.42 bits per heavy atom. The van der Waals surface area contributed by atoms with Crippen LogP contribution in [-0.4, -0.2) is 4.98 Å². The quantitative estimate of drug-likeness (QED) is 0.676. The van der Waals surface area contributed by atoms with Gasteiger partial charge in [-0.3, -0.25) is 0 Å². The maximum Gasteiger partial charge on any atom is 0.280 e. The SMILES string of the molecule is Cc1cc(N)c(N)nc1C(F)F. The molecule has 0 aliphatic rings. The first-order chi connectivity index (χ1) is 5.52. The van der Waals surface area contributed by atoms with Crippen LogP contribution in [-0.2, 0) is 0 Å². The second kappa shape index (κ2) is 2.92. The maximum absolute atomic E-state index is 12.2. The van der Waals surface area contributed by atoms with Crippen LogP contribution in [0.1, 0.15) is 17.7 Å². The highest BCUT2D eigenvalue weighted by Gasteiger charge is 2.13. The molecule has 1 aromatic heterocycles. The Labute approximate surface area is 68.4 Å². The van der Waals surface area contributed by atoms with E-state index in [1.165, 1.54) is 13.0 Å². The first-order valence-corrected chi connectivity index (χ1v) is 3.33. The second-order valence-electron chi connectivity index (χ2n) is 2.47. The Kier molecular flexibility index (Phi) is 2.12. The van der Waals surface area contributed by atoms with Crippen molar-refractivity contribution in [2.24, 2.45) is 0 Å². The average molecular weight is 173 g/mol. The number of anilines is 2. The van der Waals surface area contributed by atoms with Crippen LogP contribution >= 0.6 is 0 Å². The predicted molar refractivity (Wildman–Crippen MR) is 42.8 cm³/mol. The molecule has 0 atom stereocenters. The molecule has 0 aromatic carbocycles. The number of nitrogen functional groups attached to an aromatic ring is 2. The third kappa shape index (κ3) is 1.44. The summed E-state index contributed by atoms with van der Waals surface area (Å²) in [5.41, 5.74) is 10.9. The fourth-order valence-corrected chi connectivity index (χ4v) is 0.885. The maximum atomic E-state index is 12.2. The first-order valence-electron chi connectivity index (χ1n) is 3.33. The van der Waals surface area contributed by atoms with Gasteiger partial charge in [-0.2, -0.15) is 0 Å². The number of halogens is 2. The minimum Gasteiger partial charge on any atom is -0.396 e. The van der Waals surface area contributed by atoms with Crippen molar-refractivity contribution in [3.8, 4) is 0 Å². The molecule has 4 N–H and O–H groups in total. The Balaban J connectivity index is 3.23. The number of rotatable bonds is 1. The molecule has 0 unspecified atom stereocenters. The van der Waals surface area contributed by atoms with E-state index in [-0.39, 0.29) is 17.2 Å². The van der Waals surface area contributed by atoms with Gasteiger partial charge in [0.2, 0.25) is 0 Å². The summed E-state index contributed by atoms with van der Waals surface area (Å²) in [6, 6.07) is 1.39. The minimum absolute atomic E-state index is 0.0455. The number of aryl methyl sites for hydroxylation is 1. The molecule has 1 heterocycles. The third-order valence-electron chi connectivity index (χ3n) is 1.52. The monoisotopic (exact) mass is 173 g/mol. The summed E-state index contributed by atoms with van der Waals surface area (Å²) in [7, 11) is 0. The number of nitrogens with two attached hydrogens (primary N) is 2. The van der Waals surface area contributed by atoms with E-state index < -0.39 is 6.43 Å². The van der Waals surface area contributed by atoms with E-state index >= 15 is 0 Å².